The van der Waals surface area contributed by atoms with Crippen molar-refractivity contribution in [3.05, 3.63) is 58.6 Å². The van der Waals surface area contributed by atoms with Crippen molar-refractivity contribution in [2.75, 3.05) is 4.72 Å². The normalized spacial score (nSPS) is 11.1. The van der Waals surface area contributed by atoms with Crippen LogP contribution in [0.15, 0.2) is 57.9 Å². The minimum atomic E-state index is -3.63. The fourth-order valence-electron chi connectivity index (χ4n) is 1.74. The first kappa shape index (κ1) is 15.9. The Labute approximate surface area is 137 Å². The van der Waals surface area contributed by atoms with Crippen molar-refractivity contribution in [1.29, 1.82) is 0 Å². The zero-order chi connectivity index (χ0) is 15.5. The van der Waals surface area contributed by atoms with E-state index >= 15 is 0 Å². The van der Waals surface area contributed by atoms with Crippen molar-refractivity contribution in [2.45, 2.75) is 11.3 Å². The highest BCUT2D eigenvalue weighted by Crippen LogP contribution is 2.24. The van der Waals surface area contributed by atoms with Crippen LogP contribution in [0.3, 0.4) is 0 Å². The summed E-state index contributed by atoms with van der Waals surface area (Å²) in [5, 5.41) is 0. The number of anilines is 1. The maximum Gasteiger partial charge on any atom is 0.261 e. The summed E-state index contributed by atoms with van der Waals surface area (Å²) in [6.45, 7) is 0. The van der Waals surface area contributed by atoms with Gasteiger partial charge in [-0.15, -0.1) is 0 Å². The minimum absolute atomic E-state index is 0.185. The van der Waals surface area contributed by atoms with Crippen LogP contribution in [0.4, 0.5) is 5.69 Å². The molecule has 0 radical (unpaired) electrons. The van der Waals surface area contributed by atoms with Crippen LogP contribution in [-0.4, -0.2) is 13.4 Å². The van der Waals surface area contributed by atoms with Gasteiger partial charge in [-0.2, -0.15) is 0 Å². The number of rotatable bonds is 5. The van der Waals surface area contributed by atoms with Crippen LogP contribution < -0.4 is 10.5 Å². The number of sulfonamides is 1. The van der Waals surface area contributed by atoms with Crippen molar-refractivity contribution in [2.24, 2.45) is 5.73 Å². The van der Waals surface area contributed by atoms with Gasteiger partial charge in [-0.05, 0) is 45.8 Å². The van der Waals surface area contributed by atoms with Gasteiger partial charge in [0.1, 0.15) is 0 Å². The Bertz CT molecular complexity index is 759. The lowest BCUT2D eigenvalue weighted by Gasteiger charge is -2.10. The van der Waals surface area contributed by atoms with E-state index in [0.29, 0.717) is 21.6 Å². The molecule has 0 unspecified atom stereocenters. The van der Waals surface area contributed by atoms with Crippen LogP contribution in [-0.2, 0) is 16.4 Å². The molecule has 0 atom stereocenters. The van der Waals surface area contributed by atoms with E-state index in [1.54, 1.807) is 30.3 Å². The Balaban J connectivity index is 2.24. The molecule has 0 saturated carbocycles. The summed E-state index contributed by atoms with van der Waals surface area (Å²) in [6, 6.07) is 13.5. The smallest absolute Gasteiger partial charge is 0.261 e. The van der Waals surface area contributed by atoms with Gasteiger partial charge in [-0.1, -0.05) is 36.5 Å². The van der Waals surface area contributed by atoms with Crippen molar-refractivity contribution < 1.29 is 8.42 Å². The number of benzene rings is 2. The van der Waals surface area contributed by atoms with Gasteiger partial charge in [0.25, 0.3) is 10.0 Å². The van der Waals surface area contributed by atoms with E-state index in [2.05, 4.69) is 20.7 Å². The molecule has 2 rings (SSSR count). The van der Waals surface area contributed by atoms with Gasteiger partial charge in [0.15, 0.2) is 0 Å². The summed E-state index contributed by atoms with van der Waals surface area (Å²) in [5.74, 6) is 0. The molecule has 0 aliphatic heterocycles. The molecule has 0 amide bonds. The first-order valence-corrected chi connectivity index (χ1v) is 8.71. The molecule has 0 spiro atoms. The van der Waals surface area contributed by atoms with Crippen LogP contribution in [0.5, 0.6) is 0 Å². The lowest BCUT2D eigenvalue weighted by atomic mass is 10.1. The number of para-hydroxylation sites is 1. The highest BCUT2D eigenvalue weighted by Gasteiger charge is 2.15. The standard InChI is InChI=1S/C14H13BrN2O2S2/c15-12-3-1-2-4-13(12)17-21(18,19)11-7-5-10(6-8-11)9-14(16)20/h1-8,17H,9H2,(H2,16,20). The number of hydrogen-bond acceptors (Lipinski definition) is 3. The molecule has 110 valence electrons. The Morgan fingerprint density at radius 3 is 2.33 bits per heavy atom. The molecule has 0 bridgehead atoms. The second kappa shape index (κ2) is 6.55. The molecule has 3 N–H and O–H groups in total. The number of thiocarbonyl (C=S) groups is 1. The number of halogens is 1. The molecular formula is C14H13BrN2O2S2. The molecule has 0 aliphatic rings. The van der Waals surface area contributed by atoms with E-state index in [1.807, 2.05) is 6.07 Å². The van der Waals surface area contributed by atoms with Gasteiger partial charge in [-0.25, -0.2) is 8.42 Å². The SMILES string of the molecule is NC(=S)Cc1ccc(S(=O)(=O)Nc2ccccc2Br)cc1. The summed E-state index contributed by atoms with van der Waals surface area (Å²) in [5.41, 5.74) is 6.83. The van der Waals surface area contributed by atoms with Crippen LogP contribution in [0.2, 0.25) is 0 Å². The average molecular weight is 385 g/mol. The summed E-state index contributed by atoms with van der Waals surface area (Å²) < 4.78 is 27.8. The molecule has 0 saturated heterocycles. The van der Waals surface area contributed by atoms with Gasteiger partial charge >= 0.3 is 0 Å². The van der Waals surface area contributed by atoms with Crippen molar-refractivity contribution in [1.82, 2.24) is 0 Å². The molecular weight excluding hydrogens is 372 g/mol. The topological polar surface area (TPSA) is 72.2 Å². The maximum atomic E-state index is 12.3. The van der Waals surface area contributed by atoms with Crippen LogP contribution in [0.25, 0.3) is 0 Å². The van der Waals surface area contributed by atoms with Crippen molar-refractivity contribution in [3.8, 4) is 0 Å². The van der Waals surface area contributed by atoms with E-state index in [0.717, 1.165) is 5.56 Å². The van der Waals surface area contributed by atoms with Crippen LogP contribution in [0.1, 0.15) is 5.56 Å². The molecule has 0 heterocycles. The van der Waals surface area contributed by atoms with Gasteiger partial charge < -0.3 is 5.73 Å². The largest absolute Gasteiger partial charge is 0.393 e. The highest BCUT2D eigenvalue weighted by molar-refractivity contribution is 9.10. The van der Waals surface area contributed by atoms with Gasteiger partial charge in [0.2, 0.25) is 0 Å². The molecule has 0 fully saturated rings. The number of nitrogens with one attached hydrogen (secondary N) is 1. The second-order valence-electron chi connectivity index (χ2n) is 4.37. The summed E-state index contributed by atoms with van der Waals surface area (Å²) in [6.07, 6.45) is 0.452. The first-order chi connectivity index (χ1) is 9.88. The second-order valence-corrected chi connectivity index (χ2v) is 7.43. The molecule has 2 aromatic rings. The summed E-state index contributed by atoms with van der Waals surface area (Å²) >= 11 is 8.13. The van der Waals surface area contributed by atoms with Gasteiger partial charge in [-0.3, -0.25) is 4.72 Å². The summed E-state index contributed by atoms with van der Waals surface area (Å²) in [4.78, 5) is 0.557. The molecule has 7 heteroatoms. The monoisotopic (exact) mass is 384 g/mol. The van der Waals surface area contributed by atoms with E-state index in [4.69, 9.17) is 18.0 Å². The van der Waals surface area contributed by atoms with E-state index < -0.39 is 10.0 Å². The fourth-order valence-corrected chi connectivity index (χ4v) is 3.50. The quantitative estimate of drug-likeness (QED) is 0.776. The van der Waals surface area contributed by atoms with Gasteiger partial charge in [0.05, 0.1) is 15.6 Å². The van der Waals surface area contributed by atoms with E-state index in [9.17, 15) is 8.42 Å². The third-order valence-corrected chi connectivity index (χ3v) is 4.95. The predicted molar refractivity (Wildman–Crippen MR) is 91.9 cm³/mol. The van der Waals surface area contributed by atoms with Crippen LogP contribution in [0, 0.1) is 0 Å². The van der Waals surface area contributed by atoms with Crippen molar-refractivity contribution in [3.63, 3.8) is 0 Å². The average Bonchev–Trinajstić information content (AvgIpc) is 2.41. The molecule has 21 heavy (non-hydrogen) atoms. The number of nitrogens with two attached hydrogens (primary N) is 1. The highest BCUT2D eigenvalue weighted by atomic mass is 79.9. The van der Waals surface area contributed by atoms with E-state index in [1.165, 1.54) is 12.1 Å². The Morgan fingerprint density at radius 2 is 1.76 bits per heavy atom. The lowest BCUT2D eigenvalue weighted by molar-refractivity contribution is 0.601. The molecule has 4 nitrogen and oxygen atoms in total. The number of hydrogen-bond donors (Lipinski definition) is 2. The Kier molecular flexibility index (Phi) is 4.97. The minimum Gasteiger partial charge on any atom is -0.393 e. The summed E-state index contributed by atoms with van der Waals surface area (Å²) in [7, 11) is -3.63. The fraction of sp³-hybridized carbons (Fsp3) is 0.0714. The molecule has 2 aromatic carbocycles. The van der Waals surface area contributed by atoms with Crippen LogP contribution >= 0.6 is 28.1 Å². The maximum absolute atomic E-state index is 12.3. The third kappa shape index (κ3) is 4.26. The molecule has 0 aromatic heterocycles. The van der Waals surface area contributed by atoms with Crippen molar-refractivity contribution >= 4 is 48.8 Å². The van der Waals surface area contributed by atoms with Gasteiger partial charge in [0, 0.05) is 10.9 Å². The Morgan fingerprint density at radius 1 is 1.14 bits per heavy atom. The Hall–Kier alpha value is -1.44. The first-order valence-electron chi connectivity index (χ1n) is 6.03. The third-order valence-electron chi connectivity index (χ3n) is 2.73. The van der Waals surface area contributed by atoms with E-state index in [-0.39, 0.29) is 4.90 Å². The zero-order valence-electron chi connectivity index (χ0n) is 10.9. The molecule has 0 aliphatic carbocycles. The lowest BCUT2D eigenvalue weighted by Crippen LogP contribution is -2.14. The predicted octanol–water partition coefficient (Wildman–Crippen LogP) is 3.08. The zero-order valence-corrected chi connectivity index (χ0v) is 14.1.